The zero-order valence-electron chi connectivity index (χ0n) is 11.0. The lowest BCUT2D eigenvalue weighted by atomic mass is 10.0. The van der Waals surface area contributed by atoms with Crippen molar-refractivity contribution in [3.63, 3.8) is 0 Å². The molecule has 0 saturated carbocycles. The number of carbonyl (C=O) groups excluding carboxylic acids is 1. The van der Waals surface area contributed by atoms with E-state index < -0.39 is 5.97 Å². The SMILES string of the molecule is Cc1ccccc1CC(=O)N(CC(=O)O)C(C)C. The van der Waals surface area contributed by atoms with Crippen molar-refractivity contribution in [3.8, 4) is 0 Å². The minimum atomic E-state index is -0.984. The van der Waals surface area contributed by atoms with Gasteiger partial charge in [0.2, 0.25) is 5.91 Å². The maximum atomic E-state index is 12.1. The first-order valence-electron chi connectivity index (χ1n) is 5.97. The molecule has 1 rings (SSSR count). The second kappa shape index (κ2) is 6.19. The number of aliphatic carboxylic acids is 1. The molecular weight excluding hydrogens is 230 g/mol. The number of hydrogen-bond acceptors (Lipinski definition) is 2. The number of rotatable bonds is 5. The highest BCUT2D eigenvalue weighted by molar-refractivity contribution is 5.83. The minimum Gasteiger partial charge on any atom is -0.480 e. The Balaban J connectivity index is 2.79. The quantitative estimate of drug-likeness (QED) is 0.866. The molecule has 0 radical (unpaired) electrons. The molecule has 1 amide bonds. The number of nitrogens with zero attached hydrogens (tertiary/aromatic N) is 1. The van der Waals surface area contributed by atoms with Crippen molar-refractivity contribution in [1.82, 2.24) is 4.90 Å². The number of carbonyl (C=O) groups is 2. The van der Waals surface area contributed by atoms with Crippen molar-refractivity contribution in [2.45, 2.75) is 33.2 Å². The van der Waals surface area contributed by atoms with Crippen LogP contribution in [0.3, 0.4) is 0 Å². The average molecular weight is 249 g/mol. The van der Waals surface area contributed by atoms with Crippen LogP contribution in [-0.2, 0) is 16.0 Å². The zero-order chi connectivity index (χ0) is 13.7. The monoisotopic (exact) mass is 249 g/mol. The van der Waals surface area contributed by atoms with Crippen LogP contribution in [0.15, 0.2) is 24.3 Å². The van der Waals surface area contributed by atoms with Crippen molar-refractivity contribution in [2.75, 3.05) is 6.54 Å². The number of benzene rings is 1. The Labute approximate surface area is 107 Å². The summed E-state index contributed by atoms with van der Waals surface area (Å²) in [5.74, 6) is -1.14. The summed E-state index contributed by atoms with van der Waals surface area (Å²) in [6.45, 7) is 5.33. The second-order valence-electron chi connectivity index (χ2n) is 4.61. The molecule has 0 aliphatic carbocycles. The lowest BCUT2D eigenvalue weighted by Gasteiger charge is -2.25. The van der Waals surface area contributed by atoms with Gasteiger partial charge in [0.1, 0.15) is 6.54 Å². The van der Waals surface area contributed by atoms with Gasteiger partial charge in [0.25, 0.3) is 0 Å². The van der Waals surface area contributed by atoms with E-state index in [4.69, 9.17) is 5.11 Å². The van der Waals surface area contributed by atoms with E-state index >= 15 is 0 Å². The summed E-state index contributed by atoms with van der Waals surface area (Å²) in [5, 5.41) is 8.81. The maximum absolute atomic E-state index is 12.1. The predicted molar refractivity (Wildman–Crippen MR) is 69.4 cm³/mol. The van der Waals surface area contributed by atoms with Crippen LogP contribution in [0.1, 0.15) is 25.0 Å². The van der Waals surface area contributed by atoms with Gasteiger partial charge in [-0.1, -0.05) is 24.3 Å². The lowest BCUT2D eigenvalue weighted by molar-refractivity contribution is -0.145. The van der Waals surface area contributed by atoms with E-state index in [1.165, 1.54) is 4.90 Å². The Morgan fingerprint density at radius 2 is 1.89 bits per heavy atom. The first kappa shape index (κ1) is 14.2. The number of carboxylic acids is 1. The zero-order valence-corrected chi connectivity index (χ0v) is 11.0. The highest BCUT2D eigenvalue weighted by Gasteiger charge is 2.20. The molecular formula is C14H19NO3. The van der Waals surface area contributed by atoms with Gasteiger partial charge in [0.05, 0.1) is 6.42 Å². The molecule has 1 aromatic carbocycles. The van der Waals surface area contributed by atoms with Gasteiger partial charge in [-0.15, -0.1) is 0 Å². The molecule has 0 saturated heterocycles. The Morgan fingerprint density at radius 1 is 1.28 bits per heavy atom. The molecule has 4 nitrogen and oxygen atoms in total. The fourth-order valence-corrected chi connectivity index (χ4v) is 1.78. The van der Waals surface area contributed by atoms with Gasteiger partial charge < -0.3 is 10.0 Å². The fraction of sp³-hybridized carbons (Fsp3) is 0.429. The standard InChI is InChI=1S/C14H19NO3/c1-10(2)15(9-14(17)18)13(16)8-12-7-5-4-6-11(12)3/h4-7,10H,8-9H2,1-3H3,(H,17,18). The first-order chi connectivity index (χ1) is 8.41. The van der Waals surface area contributed by atoms with Crippen LogP contribution < -0.4 is 0 Å². The molecule has 0 bridgehead atoms. The van der Waals surface area contributed by atoms with Crippen LogP contribution in [0.25, 0.3) is 0 Å². The molecule has 98 valence electrons. The highest BCUT2D eigenvalue weighted by atomic mass is 16.4. The molecule has 0 aliphatic rings. The van der Waals surface area contributed by atoms with E-state index in [1.54, 1.807) is 0 Å². The Hall–Kier alpha value is -1.84. The number of carboxylic acid groups (broad SMARTS) is 1. The van der Waals surface area contributed by atoms with Crippen molar-refractivity contribution in [1.29, 1.82) is 0 Å². The molecule has 4 heteroatoms. The molecule has 18 heavy (non-hydrogen) atoms. The third kappa shape index (κ3) is 3.87. The van der Waals surface area contributed by atoms with E-state index in [0.29, 0.717) is 0 Å². The Bertz CT molecular complexity index is 440. The van der Waals surface area contributed by atoms with Crippen LogP contribution >= 0.6 is 0 Å². The molecule has 0 fully saturated rings. The molecule has 0 heterocycles. The predicted octanol–water partition coefficient (Wildman–Crippen LogP) is 1.86. The fourth-order valence-electron chi connectivity index (χ4n) is 1.78. The van der Waals surface area contributed by atoms with Crippen molar-refractivity contribution >= 4 is 11.9 Å². The summed E-state index contributed by atoms with van der Waals surface area (Å²) in [6, 6.07) is 7.52. The Morgan fingerprint density at radius 3 is 2.39 bits per heavy atom. The van der Waals surface area contributed by atoms with Crippen molar-refractivity contribution < 1.29 is 14.7 Å². The van der Waals surface area contributed by atoms with Gasteiger partial charge in [-0.2, -0.15) is 0 Å². The largest absolute Gasteiger partial charge is 0.480 e. The van der Waals surface area contributed by atoms with Gasteiger partial charge in [-0.05, 0) is 31.9 Å². The van der Waals surface area contributed by atoms with Gasteiger partial charge in [0.15, 0.2) is 0 Å². The first-order valence-corrected chi connectivity index (χ1v) is 5.97. The third-order valence-corrected chi connectivity index (χ3v) is 2.85. The van der Waals surface area contributed by atoms with Gasteiger partial charge in [0, 0.05) is 6.04 Å². The van der Waals surface area contributed by atoms with Crippen LogP contribution in [0, 0.1) is 6.92 Å². The number of hydrogen-bond donors (Lipinski definition) is 1. The van der Waals surface area contributed by atoms with E-state index in [2.05, 4.69) is 0 Å². The summed E-state index contributed by atoms with van der Waals surface area (Å²) in [7, 11) is 0. The van der Waals surface area contributed by atoms with Gasteiger partial charge >= 0.3 is 5.97 Å². The van der Waals surface area contributed by atoms with Crippen LogP contribution in [0.4, 0.5) is 0 Å². The van der Waals surface area contributed by atoms with Crippen LogP contribution in [0.5, 0.6) is 0 Å². The van der Waals surface area contributed by atoms with Gasteiger partial charge in [-0.3, -0.25) is 9.59 Å². The van der Waals surface area contributed by atoms with Crippen molar-refractivity contribution in [3.05, 3.63) is 35.4 Å². The summed E-state index contributed by atoms with van der Waals surface area (Å²) in [6.07, 6.45) is 0.248. The molecule has 0 spiro atoms. The van der Waals surface area contributed by atoms with E-state index in [-0.39, 0.29) is 24.9 Å². The second-order valence-corrected chi connectivity index (χ2v) is 4.61. The number of aryl methyl sites for hydroxylation is 1. The van der Waals surface area contributed by atoms with E-state index in [1.807, 2.05) is 45.0 Å². The summed E-state index contributed by atoms with van der Waals surface area (Å²) < 4.78 is 0. The molecule has 0 atom stereocenters. The van der Waals surface area contributed by atoms with Crippen LogP contribution in [-0.4, -0.2) is 34.5 Å². The maximum Gasteiger partial charge on any atom is 0.323 e. The van der Waals surface area contributed by atoms with E-state index in [0.717, 1.165) is 11.1 Å². The normalized spacial score (nSPS) is 10.4. The van der Waals surface area contributed by atoms with Crippen LogP contribution in [0.2, 0.25) is 0 Å². The molecule has 0 unspecified atom stereocenters. The smallest absolute Gasteiger partial charge is 0.323 e. The molecule has 1 N–H and O–H groups in total. The number of amides is 1. The molecule has 0 aromatic heterocycles. The van der Waals surface area contributed by atoms with Crippen molar-refractivity contribution in [2.24, 2.45) is 0 Å². The van der Waals surface area contributed by atoms with E-state index in [9.17, 15) is 9.59 Å². The minimum absolute atomic E-state index is 0.113. The average Bonchev–Trinajstić information content (AvgIpc) is 2.28. The van der Waals surface area contributed by atoms with Gasteiger partial charge in [-0.25, -0.2) is 0 Å². The topological polar surface area (TPSA) is 57.6 Å². The molecule has 1 aromatic rings. The lowest BCUT2D eigenvalue weighted by Crippen LogP contribution is -2.41. The third-order valence-electron chi connectivity index (χ3n) is 2.85. The Kier molecular flexibility index (Phi) is 4.89. The highest BCUT2D eigenvalue weighted by Crippen LogP contribution is 2.10. The molecule has 0 aliphatic heterocycles. The summed E-state index contributed by atoms with van der Waals surface area (Å²) in [5.41, 5.74) is 1.99. The summed E-state index contributed by atoms with van der Waals surface area (Å²) in [4.78, 5) is 24.2. The summed E-state index contributed by atoms with van der Waals surface area (Å²) >= 11 is 0.